The summed E-state index contributed by atoms with van der Waals surface area (Å²) in [5, 5.41) is 1.02. The Labute approximate surface area is 157 Å². The van der Waals surface area contributed by atoms with Gasteiger partial charge in [0, 0.05) is 16.5 Å². The van der Waals surface area contributed by atoms with Gasteiger partial charge in [0.15, 0.2) is 0 Å². The Morgan fingerprint density at radius 3 is 2.31 bits per heavy atom. The first-order valence-electron chi connectivity index (χ1n) is 8.84. The van der Waals surface area contributed by atoms with Crippen LogP contribution in [0.5, 0.6) is 0 Å². The van der Waals surface area contributed by atoms with Gasteiger partial charge in [-0.25, -0.2) is 4.39 Å². The van der Waals surface area contributed by atoms with E-state index < -0.39 is 4.75 Å². The number of hydrogen-bond donors (Lipinski definition) is 0. The molecule has 1 aromatic heterocycles. The number of nitrogens with zero attached hydrogens (tertiary/aromatic N) is 1. The number of ketones is 1. The molecule has 2 nitrogen and oxygen atoms in total. The van der Waals surface area contributed by atoms with Crippen LogP contribution in [-0.2, 0) is 4.79 Å². The van der Waals surface area contributed by atoms with E-state index in [-0.39, 0.29) is 11.6 Å². The van der Waals surface area contributed by atoms with Crippen molar-refractivity contribution in [1.82, 2.24) is 4.98 Å². The molecule has 0 aliphatic rings. The Bertz CT molecular complexity index is 933. The van der Waals surface area contributed by atoms with Crippen LogP contribution >= 0.6 is 11.8 Å². The number of carbonyl (C=O) groups excluding carboxylic acids is 1. The van der Waals surface area contributed by atoms with Crippen molar-refractivity contribution < 1.29 is 9.18 Å². The fourth-order valence-corrected chi connectivity index (χ4v) is 4.46. The van der Waals surface area contributed by atoms with Crippen LogP contribution in [0.15, 0.2) is 59.6 Å². The highest BCUT2D eigenvalue weighted by Crippen LogP contribution is 2.42. The molecule has 3 aromatic rings. The fraction of sp³-hybridized carbons (Fsp3) is 0.273. The smallest absolute Gasteiger partial charge is 0.146 e. The molecule has 0 saturated heterocycles. The van der Waals surface area contributed by atoms with Crippen LogP contribution in [0.25, 0.3) is 22.0 Å². The van der Waals surface area contributed by atoms with Crippen molar-refractivity contribution >= 4 is 28.4 Å². The summed E-state index contributed by atoms with van der Waals surface area (Å²) in [6.45, 7) is 5.80. The molecule has 0 N–H and O–H groups in total. The van der Waals surface area contributed by atoms with Crippen LogP contribution in [0.4, 0.5) is 4.39 Å². The number of rotatable bonds is 6. The van der Waals surface area contributed by atoms with Gasteiger partial charge in [0.1, 0.15) is 11.6 Å². The van der Waals surface area contributed by atoms with E-state index in [1.165, 1.54) is 12.1 Å². The molecule has 0 aliphatic carbocycles. The zero-order valence-corrected chi connectivity index (χ0v) is 16.1. The van der Waals surface area contributed by atoms with E-state index in [0.29, 0.717) is 0 Å². The predicted molar refractivity (Wildman–Crippen MR) is 107 cm³/mol. The monoisotopic (exact) mass is 367 g/mol. The van der Waals surface area contributed by atoms with E-state index in [9.17, 15) is 9.18 Å². The molecule has 0 amide bonds. The molecule has 0 bridgehead atoms. The first-order valence-corrected chi connectivity index (χ1v) is 9.65. The summed E-state index contributed by atoms with van der Waals surface area (Å²) in [5.74, 6) is -0.0447. The van der Waals surface area contributed by atoms with Gasteiger partial charge in [0.25, 0.3) is 0 Å². The fourth-order valence-electron chi connectivity index (χ4n) is 3.21. The number of fused-ring (bicyclic) bond motifs is 1. The first-order chi connectivity index (χ1) is 12.5. The molecule has 2 aromatic carbocycles. The van der Waals surface area contributed by atoms with Crippen LogP contribution in [0.1, 0.15) is 33.6 Å². The van der Waals surface area contributed by atoms with Gasteiger partial charge in [-0.15, -0.1) is 11.8 Å². The van der Waals surface area contributed by atoms with E-state index in [1.54, 1.807) is 37.0 Å². The number of halogens is 1. The normalized spacial score (nSPS) is 11.7. The van der Waals surface area contributed by atoms with E-state index >= 15 is 0 Å². The molecule has 134 valence electrons. The second-order valence-electron chi connectivity index (χ2n) is 6.41. The van der Waals surface area contributed by atoms with Crippen molar-refractivity contribution in [3.05, 3.63) is 60.5 Å². The van der Waals surface area contributed by atoms with Crippen LogP contribution < -0.4 is 0 Å². The molecule has 0 spiro atoms. The Balaban J connectivity index is 2.10. The van der Waals surface area contributed by atoms with Crippen molar-refractivity contribution in [3.8, 4) is 11.1 Å². The lowest BCUT2D eigenvalue weighted by Crippen LogP contribution is -2.31. The van der Waals surface area contributed by atoms with Gasteiger partial charge in [-0.2, -0.15) is 0 Å². The molecule has 0 radical (unpaired) electrons. The van der Waals surface area contributed by atoms with Gasteiger partial charge in [-0.1, -0.05) is 32.0 Å². The number of pyridine rings is 1. The second-order valence-corrected chi connectivity index (χ2v) is 7.83. The lowest BCUT2D eigenvalue weighted by Gasteiger charge is -2.28. The summed E-state index contributed by atoms with van der Waals surface area (Å²) in [4.78, 5) is 17.8. The summed E-state index contributed by atoms with van der Waals surface area (Å²) < 4.78 is 12.8. The van der Waals surface area contributed by atoms with Gasteiger partial charge in [0.05, 0.1) is 10.3 Å². The summed E-state index contributed by atoms with van der Waals surface area (Å²) in [6.07, 6.45) is 3.36. The molecule has 26 heavy (non-hydrogen) atoms. The molecule has 1 heterocycles. The maximum atomic E-state index is 13.2. The van der Waals surface area contributed by atoms with Crippen LogP contribution in [0, 0.1) is 5.82 Å². The Kier molecular flexibility index (Phi) is 5.42. The number of benzene rings is 2. The Morgan fingerprint density at radius 1 is 1.04 bits per heavy atom. The van der Waals surface area contributed by atoms with Crippen LogP contribution in [0.2, 0.25) is 0 Å². The summed E-state index contributed by atoms with van der Waals surface area (Å²) in [7, 11) is 0. The molecular weight excluding hydrogens is 345 g/mol. The third kappa shape index (κ3) is 3.51. The Hall–Kier alpha value is -2.20. The van der Waals surface area contributed by atoms with Gasteiger partial charge in [-0.05, 0) is 61.2 Å². The van der Waals surface area contributed by atoms with E-state index in [4.69, 9.17) is 0 Å². The average molecular weight is 367 g/mol. The topological polar surface area (TPSA) is 30.0 Å². The van der Waals surface area contributed by atoms with Gasteiger partial charge >= 0.3 is 0 Å². The zero-order chi connectivity index (χ0) is 18.7. The van der Waals surface area contributed by atoms with Crippen molar-refractivity contribution in [1.29, 1.82) is 0 Å². The van der Waals surface area contributed by atoms with Crippen molar-refractivity contribution in [2.24, 2.45) is 0 Å². The largest absolute Gasteiger partial charge is 0.298 e. The van der Waals surface area contributed by atoms with Gasteiger partial charge < -0.3 is 0 Å². The minimum Gasteiger partial charge on any atom is -0.298 e. The van der Waals surface area contributed by atoms with Crippen molar-refractivity contribution in [3.63, 3.8) is 0 Å². The third-order valence-electron chi connectivity index (χ3n) is 4.97. The number of Topliss-reactive ketones (excluding diaryl/α,β-unsaturated/α-hetero) is 1. The van der Waals surface area contributed by atoms with Crippen LogP contribution in [0.3, 0.4) is 0 Å². The number of hydrogen-bond acceptors (Lipinski definition) is 3. The van der Waals surface area contributed by atoms with Crippen molar-refractivity contribution in [2.45, 2.75) is 43.3 Å². The minimum absolute atomic E-state index is 0.201. The molecule has 0 atom stereocenters. The van der Waals surface area contributed by atoms with Gasteiger partial charge in [0.2, 0.25) is 0 Å². The summed E-state index contributed by atoms with van der Waals surface area (Å²) in [5.41, 5.74) is 2.86. The Morgan fingerprint density at radius 2 is 1.69 bits per heavy atom. The van der Waals surface area contributed by atoms with Gasteiger partial charge in [-0.3, -0.25) is 9.78 Å². The predicted octanol–water partition coefficient (Wildman–Crippen LogP) is 6.28. The SMILES string of the molecule is CCC(CC)(Sc1ccnc2ccc(-c3ccc(F)cc3)cc12)C(C)=O. The zero-order valence-electron chi connectivity index (χ0n) is 15.3. The maximum Gasteiger partial charge on any atom is 0.146 e. The quantitative estimate of drug-likeness (QED) is 0.480. The first kappa shape index (κ1) is 18.6. The van der Waals surface area contributed by atoms with E-state index in [0.717, 1.165) is 39.8 Å². The number of carbonyl (C=O) groups is 1. The second kappa shape index (κ2) is 7.58. The molecule has 0 fully saturated rings. The third-order valence-corrected chi connectivity index (χ3v) is 6.80. The summed E-state index contributed by atoms with van der Waals surface area (Å²) >= 11 is 1.63. The molecular formula is C22H22FNOS. The maximum absolute atomic E-state index is 13.2. The van der Waals surface area contributed by atoms with E-state index in [1.807, 2.05) is 18.2 Å². The highest BCUT2D eigenvalue weighted by molar-refractivity contribution is 8.01. The molecule has 4 heteroatoms. The van der Waals surface area contributed by atoms with Crippen molar-refractivity contribution in [2.75, 3.05) is 0 Å². The molecule has 0 saturated carbocycles. The lowest BCUT2D eigenvalue weighted by molar-refractivity contribution is -0.119. The van der Waals surface area contributed by atoms with E-state index in [2.05, 4.69) is 24.9 Å². The average Bonchev–Trinajstić information content (AvgIpc) is 2.66. The molecule has 3 rings (SSSR count). The minimum atomic E-state index is -0.417. The standard InChI is InChI=1S/C22H22FNOS/c1-4-22(5-2,15(3)25)26-21-12-13-24-20-11-8-17(14-19(20)21)16-6-9-18(23)10-7-16/h6-14H,4-5H2,1-3H3. The molecule has 0 unspecified atom stereocenters. The highest BCUT2D eigenvalue weighted by atomic mass is 32.2. The summed E-state index contributed by atoms with van der Waals surface area (Å²) in [6, 6.07) is 14.5. The number of aromatic nitrogens is 1. The lowest BCUT2D eigenvalue weighted by atomic mass is 9.98. The highest BCUT2D eigenvalue weighted by Gasteiger charge is 2.33. The molecule has 0 aliphatic heterocycles. The van der Waals surface area contributed by atoms with Crippen LogP contribution in [-0.4, -0.2) is 15.5 Å². The number of thioether (sulfide) groups is 1.